The highest BCUT2D eigenvalue weighted by Crippen LogP contribution is 2.29. The normalized spacial score (nSPS) is 11.7. The number of nitrogens with zero attached hydrogens (tertiary/aromatic N) is 3. The number of unbranched alkanes of at least 4 members (excludes halogenated alkanes) is 1. The monoisotopic (exact) mass is 358 g/mol. The number of aromatic nitrogens is 2. The highest BCUT2D eigenvalue weighted by Gasteiger charge is 2.16. The number of nitrogens with two attached hydrogens (primary N) is 1. The Bertz CT molecular complexity index is 1080. The Morgan fingerprint density at radius 3 is 2.67 bits per heavy atom. The lowest BCUT2D eigenvalue weighted by Gasteiger charge is -2.17. The van der Waals surface area contributed by atoms with Gasteiger partial charge in [-0.25, -0.2) is 4.98 Å². The van der Waals surface area contributed by atoms with Crippen LogP contribution in [0, 0.1) is 0 Å². The Labute approximate surface area is 160 Å². The molecule has 2 aromatic carbocycles. The third kappa shape index (κ3) is 3.53. The second-order valence-corrected chi connectivity index (χ2v) is 7.25. The van der Waals surface area contributed by atoms with Gasteiger partial charge >= 0.3 is 0 Å². The van der Waals surface area contributed by atoms with Crippen molar-refractivity contribution in [1.82, 2.24) is 14.3 Å². The van der Waals surface area contributed by atoms with Gasteiger partial charge in [0.2, 0.25) is 0 Å². The van der Waals surface area contributed by atoms with Gasteiger partial charge in [-0.05, 0) is 49.0 Å². The number of imidazole rings is 1. The molecule has 0 unspecified atom stereocenters. The molecule has 0 atom stereocenters. The fourth-order valence-electron chi connectivity index (χ4n) is 3.59. The number of anilines is 1. The van der Waals surface area contributed by atoms with Gasteiger partial charge in [0.1, 0.15) is 5.65 Å². The molecule has 0 saturated carbocycles. The van der Waals surface area contributed by atoms with Gasteiger partial charge in [-0.15, -0.1) is 0 Å². The number of rotatable bonds is 6. The Kier molecular flexibility index (Phi) is 4.82. The zero-order chi connectivity index (χ0) is 18.8. The molecule has 0 radical (unpaired) electrons. The van der Waals surface area contributed by atoms with E-state index in [1.54, 1.807) is 0 Å². The van der Waals surface area contributed by atoms with Crippen LogP contribution in [-0.2, 0) is 6.54 Å². The van der Waals surface area contributed by atoms with Crippen LogP contribution in [0.3, 0.4) is 0 Å². The van der Waals surface area contributed by atoms with Crippen LogP contribution in [0.25, 0.3) is 27.7 Å². The molecule has 0 saturated heterocycles. The first-order valence-electron chi connectivity index (χ1n) is 9.60. The zero-order valence-corrected chi connectivity index (χ0v) is 16.0. The molecule has 0 bridgehead atoms. The SMILES string of the molecule is CCCCN(C)Cc1c(-c2ccc3ccccc3c2)nc2ccc(N)cn12. The van der Waals surface area contributed by atoms with Crippen LogP contribution in [-0.4, -0.2) is 27.9 Å². The summed E-state index contributed by atoms with van der Waals surface area (Å²) in [5, 5.41) is 2.48. The van der Waals surface area contributed by atoms with E-state index in [0.717, 1.165) is 35.7 Å². The molecule has 0 aliphatic heterocycles. The second kappa shape index (κ2) is 7.41. The summed E-state index contributed by atoms with van der Waals surface area (Å²) < 4.78 is 2.14. The smallest absolute Gasteiger partial charge is 0.137 e. The first kappa shape index (κ1) is 17.6. The third-order valence-corrected chi connectivity index (χ3v) is 5.08. The summed E-state index contributed by atoms with van der Waals surface area (Å²) in [5.74, 6) is 0. The van der Waals surface area contributed by atoms with E-state index < -0.39 is 0 Å². The van der Waals surface area contributed by atoms with Gasteiger partial charge in [0.25, 0.3) is 0 Å². The van der Waals surface area contributed by atoms with Crippen molar-refractivity contribution in [2.45, 2.75) is 26.3 Å². The summed E-state index contributed by atoms with van der Waals surface area (Å²) >= 11 is 0. The van der Waals surface area contributed by atoms with E-state index in [9.17, 15) is 0 Å². The molecular formula is C23H26N4. The summed E-state index contributed by atoms with van der Waals surface area (Å²) in [6.07, 6.45) is 4.37. The topological polar surface area (TPSA) is 46.6 Å². The molecule has 4 nitrogen and oxygen atoms in total. The molecule has 138 valence electrons. The van der Waals surface area contributed by atoms with Crippen molar-refractivity contribution in [3.05, 3.63) is 66.5 Å². The van der Waals surface area contributed by atoms with Gasteiger partial charge in [0, 0.05) is 24.0 Å². The van der Waals surface area contributed by atoms with Crippen LogP contribution in [0.4, 0.5) is 5.69 Å². The lowest BCUT2D eigenvalue weighted by molar-refractivity contribution is 0.316. The molecule has 27 heavy (non-hydrogen) atoms. The zero-order valence-electron chi connectivity index (χ0n) is 16.0. The van der Waals surface area contributed by atoms with E-state index in [2.05, 4.69) is 65.7 Å². The maximum atomic E-state index is 6.06. The maximum absolute atomic E-state index is 6.06. The highest BCUT2D eigenvalue weighted by atomic mass is 15.1. The number of pyridine rings is 1. The van der Waals surface area contributed by atoms with Gasteiger partial charge in [0.15, 0.2) is 0 Å². The molecule has 0 aliphatic rings. The standard InChI is InChI=1S/C23H26N4/c1-3-4-13-26(2)16-21-23(25-22-12-11-20(24)15-27(21)22)19-10-9-17-7-5-6-8-18(17)14-19/h5-12,14-15H,3-4,13,16,24H2,1-2H3. The predicted octanol–water partition coefficient (Wildman–Crippen LogP) is 4.97. The first-order valence-corrected chi connectivity index (χ1v) is 9.60. The van der Waals surface area contributed by atoms with Crippen molar-refractivity contribution in [2.75, 3.05) is 19.3 Å². The van der Waals surface area contributed by atoms with Crippen LogP contribution in [0.1, 0.15) is 25.5 Å². The van der Waals surface area contributed by atoms with Crippen molar-refractivity contribution in [1.29, 1.82) is 0 Å². The lowest BCUT2D eigenvalue weighted by atomic mass is 10.0. The van der Waals surface area contributed by atoms with Crippen molar-refractivity contribution in [2.24, 2.45) is 0 Å². The largest absolute Gasteiger partial charge is 0.398 e. The fraction of sp³-hybridized carbons (Fsp3) is 0.261. The van der Waals surface area contributed by atoms with E-state index >= 15 is 0 Å². The number of fused-ring (bicyclic) bond motifs is 2. The van der Waals surface area contributed by atoms with Gasteiger partial charge in [0.05, 0.1) is 11.4 Å². The van der Waals surface area contributed by atoms with E-state index in [1.807, 2.05) is 18.3 Å². The van der Waals surface area contributed by atoms with E-state index in [1.165, 1.54) is 29.3 Å². The van der Waals surface area contributed by atoms with Gasteiger partial charge in [-0.3, -0.25) is 0 Å². The Hall–Kier alpha value is -2.85. The number of benzene rings is 2. The van der Waals surface area contributed by atoms with Gasteiger partial charge in [-0.2, -0.15) is 0 Å². The lowest BCUT2D eigenvalue weighted by Crippen LogP contribution is -2.20. The molecule has 2 heterocycles. The van der Waals surface area contributed by atoms with Crippen molar-refractivity contribution < 1.29 is 0 Å². The Morgan fingerprint density at radius 1 is 1.04 bits per heavy atom. The summed E-state index contributed by atoms with van der Waals surface area (Å²) in [4.78, 5) is 7.31. The second-order valence-electron chi connectivity index (χ2n) is 7.25. The number of hydrogen-bond acceptors (Lipinski definition) is 3. The minimum atomic E-state index is 0.752. The van der Waals surface area contributed by atoms with E-state index in [0.29, 0.717) is 0 Å². The number of nitrogen functional groups attached to an aromatic ring is 1. The minimum Gasteiger partial charge on any atom is -0.398 e. The molecule has 4 rings (SSSR count). The summed E-state index contributed by atoms with van der Waals surface area (Å²) in [6.45, 7) is 4.14. The van der Waals surface area contributed by atoms with E-state index in [4.69, 9.17) is 10.7 Å². The summed E-state index contributed by atoms with van der Waals surface area (Å²) in [7, 11) is 2.17. The van der Waals surface area contributed by atoms with Crippen molar-refractivity contribution in [3.8, 4) is 11.3 Å². The Morgan fingerprint density at radius 2 is 1.85 bits per heavy atom. The van der Waals surface area contributed by atoms with Crippen molar-refractivity contribution >= 4 is 22.1 Å². The quantitative estimate of drug-likeness (QED) is 0.529. The third-order valence-electron chi connectivity index (χ3n) is 5.08. The highest BCUT2D eigenvalue weighted by molar-refractivity contribution is 5.87. The molecule has 0 amide bonds. The molecule has 4 heteroatoms. The molecule has 0 aliphatic carbocycles. The average Bonchev–Trinajstić information content (AvgIpc) is 3.03. The number of hydrogen-bond donors (Lipinski definition) is 1. The van der Waals surface area contributed by atoms with Crippen molar-refractivity contribution in [3.63, 3.8) is 0 Å². The first-order chi connectivity index (χ1) is 13.2. The minimum absolute atomic E-state index is 0.752. The van der Waals surface area contributed by atoms with Crippen LogP contribution >= 0.6 is 0 Å². The fourth-order valence-corrected chi connectivity index (χ4v) is 3.59. The van der Waals surface area contributed by atoms with Crippen LogP contribution in [0.15, 0.2) is 60.8 Å². The van der Waals surface area contributed by atoms with Gasteiger partial charge < -0.3 is 15.0 Å². The predicted molar refractivity (Wildman–Crippen MR) is 114 cm³/mol. The summed E-state index contributed by atoms with van der Waals surface area (Å²) in [5.41, 5.74) is 11.1. The molecule has 0 fully saturated rings. The van der Waals surface area contributed by atoms with E-state index in [-0.39, 0.29) is 0 Å². The van der Waals surface area contributed by atoms with Crippen LogP contribution in [0.5, 0.6) is 0 Å². The Balaban J connectivity index is 1.83. The van der Waals surface area contributed by atoms with Crippen LogP contribution < -0.4 is 5.73 Å². The molecule has 2 aromatic heterocycles. The molecule has 4 aromatic rings. The molecule has 2 N–H and O–H groups in total. The summed E-state index contributed by atoms with van der Waals surface area (Å²) in [6, 6.07) is 18.9. The maximum Gasteiger partial charge on any atom is 0.137 e. The molecule has 0 spiro atoms. The van der Waals surface area contributed by atoms with Gasteiger partial charge in [-0.1, -0.05) is 49.7 Å². The van der Waals surface area contributed by atoms with Crippen LogP contribution in [0.2, 0.25) is 0 Å². The molecular weight excluding hydrogens is 332 g/mol. The average molecular weight is 358 g/mol.